The minimum Gasteiger partial charge on any atom is -0.341 e. The molecule has 1 saturated heterocycles. The van der Waals surface area contributed by atoms with Crippen LogP contribution in [0, 0.1) is 11.8 Å². The third-order valence-electron chi connectivity index (χ3n) is 2.68. The summed E-state index contributed by atoms with van der Waals surface area (Å²) in [4.78, 5) is 12.9. The number of hydrogen-bond acceptors (Lipinski definition) is 3. The zero-order valence-corrected chi connectivity index (χ0v) is 10.1. The Morgan fingerprint density at radius 1 is 1.53 bits per heavy atom. The second kappa shape index (κ2) is 4.67. The molecule has 1 aliphatic rings. The summed E-state index contributed by atoms with van der Waals surface area (Å²) >= 11 is 5.43. The standard InChI is InChI=1S/C8H15ClN2O3S/c1-6-3-11(8(12)2-9)4-7(6)5-15(10,13)14/h6-7H,2-5H2,1H3,(H2,10,13,14)/t6-,7+/m1/s1. The largest absolute Gasteiger partial charge is 0.341 e. The average molecular weight is 255 g/mol. The van der Waals surface area contributed by atoms with E-state index in [-0.39, 0.29) is 29.4 Å². The highest BCUT2D eigenvalue weighted by molar-refractivity contribution is 7.89. The quantitative estimate of drug-likeness (QED) is 0.697. The van der Waals surface area contributed by atoms with E-state index in [1.807, 2.05) is 6.92 Å². The van der Waals surface area contributed by atoms with Crippen molar-refractivity contribution in [3.63, 3.8) is 0 Å². The number of alkyl halides is 1. The monoisotopic (exact) mass is 254 g/mol. The molecule has 15 heavy (non-hydrogen) atoms. The number of primary sulfonamides is 1. The van der Waals surface area contributed by atoms with Gasteiger partial charge >= 0.3 is 0 Å². The van der Waals surface area contributed by atoms with E-state index in [2.05, 4.69) is 0 Å². The number of hydrogen-bond donors (Lipinski definition) is 1. The van der Waals surface area contributed by atoms with Gasteiger partial charge in [0, 0.05) is 13.1 Å². The van der Waals surface area contributed by atoms with Gasteiger partial charge in [-0.3, -0.25) is 4.79 Å². The summed E-state index contributed by atoms with van der Waals surface area (Å²) < 4.78 is 21.9. The van der Waals surface area contributed by atoms with Crippen LogP contribution in [0.3, 0.4) is 0 Å². The van der Waals surface area contributed by atoms with Gasteiger partial charge in [-0.2, -0.15) is 0 Å². The van der Waals surface area contributed by atoms with E-state index in [9.17, 15) is 13.2 Å². The molecule has 1 rings (SSSR count). The molecule has 0 unspecified atom stereocenters. The molecule has 0 saturated carbocycles. The molecule has 0 bridgehead atoms. The third kappa shape index (κ3) is 3.62. The van der Waals surface area contributed by atoms with E-state index in [0.29, 0.717) is 13.1 Å². The Morgan fingerprint density at radius 3 is 2.60 bits per heavy atom. The van der Waals surface area contributed by atoms with Gasteiger partial charge in [-0.05, 0) is 11.8 Å². The van der Waals surface area contributed by atoms with Crippen LogP contribution in [0.2, 0.25) is 0 Å². The summed E-state index contributed by atoms with van der Waals surface area (Å²) in [5, 5.41) is 4.97. The Morgan fingerprint density at radius 2 is 2.13 bits per heavy atom. The molecule has 1 aliphatic heterocycles. The second-order valence-electron chi connectivity index (χ2n) is 4.00. The first-order chi connectivity index (χ1) is 6.83. The van der Waals surface area contributed by atoms with Crippen molar-refractivity contribution in [3.8, 4) is 0 Å². The minimum absolute atomic E-state index is 0.0607. The van der Waals surface area contributed by atoms with Crippen molar-refractivity contribution in [2.45, 2.75) is 6.92 Å². The van der Waals surface area contributed by atoms with Crippen molar-refractivity contribution in [3.05, 3.63) is 0 Å². The van der Waals surface area contributed by atoms with E-state index >= 15 is 0 Å². The molecule has 2 atom stereocenters. The summed E-state index contributed by atoms with van der Waals surface area (Å²) in [5.41, 5.74) is 0. The lowest BCUT2D eigenvalue weighted by atomic mass is 10.0. The molecule has 7 heteroatoms. The fraction of sp³-hybridized carbons (Fsp3) is 0.875. The SMILES string of the molecule is C[C@@H]1CN(C(=O)CCl)C[C@H]1CS(N)(=O)=O. The van der Waals surface area contributed by atoms with E-state index in [1.54, 1.807) is 4.90 Å². The molecule has 1 fully saturated rings. The molecular formula is C8H15ClN2O3S. The van der Waals surface area contributed by atoms with Crippen LogP contribution >= 0.6 is 11.6 Å². The number of sulfonamides is 1. The van der Waals surface area contributed by atoms with Crippen LogP contribution in [-0.4, -0.2) is 43.9 Å². The van der Waals surface area contributed by atoms with Gasteiger partial charge in [0.1, 0.15) is 5.88 Å². The van der Waals surface area contributed by atoms with Crippen molar-refractivity contribution < 1.29 is 13.2 Å². The van der Waals surface area contributed by atoms with Gasteiger partial charge in [0.05, 0.1) is 5.75 Å². The molecule has 0 aliphatic carbocycles. The number of halogens is 1. The molecule has 2 N–H and O–H groups in total. The van der Waals surface area contributed by atoms with Crippen LogP contribution in [0.15, 0.2) is 0 Å². The topological polar surface area (TPSA) is 80.5 Å². The van der Waals surface area contributed by atoms with Crippen LogP contribution in [0.1, 0.15) is 6.92 Å². The van der Waals surface area contributed by atoms with Crippen LogP contribution in [0.25, 0.3) is 0 Å². The molecule has 0 radical (unpaired) electrons. The highest BCUT2D eigenvalue weighted by Crippen LogP contribution is 2.23. The lowest BCUT2D eigenvalue weighted by Gasteiger charge is -2.14. The predicted molar refractivity (Wildman–Crippen MR) is 57.9 cm³/mol. The molecule has 0 aromatic heterocycles. The minimum atomic E-state index is -3.47. The normalized spacial score (nSPS) is 27.0. The van der Waals surface area contributed by atoms with Crippen LogP contribution in [0.5, 0.6) is 0 Å². The molecule has 1 heterocycles. The first kappa shape index (κ1) is 12.7. The Bertz CT molecular complexity index is 344. The molecule has 0 aromatic carbocycles. The first-order valence-electron chi connectivity index (χ1n) is 4.67. The number of nitrogens with two attached hydrogens (primary N) is 1. The predicted octanol–water partition coefficient (Wildman–Crippen LogP) is -0.392. The van der Waals surface area contributed by atoms with Crippen molar-refractivity contribution in [1.29, 1.82) is 0 Å². The van der Waals surface area contributed by atoms with Crippen molar-refractivity contribution in [2.24, 2.45) is 17.0 Å². The zero-order chi connectivity index (χ0) is 11.6. The van der Waals surface area contributed by atoms with Gasteiger partial charge in [0.2, 0.25) is 15.9 Å². The Balaban J connectivity index is 2.61. The van der Waals surface area contributed by atoms with E-state index in [1.165, 1.54) is 0 Å². The Labute approximate surface area is 94.6 Å². The molecular weight excluding hydrogens is 240 g/mol. The van der Waals surface area contributed by atoms with Gasteiger partial charge in [0.15, 0.2) is 0 Å². The molecule has 0 aromatic rings. The summed E-state index contributed by atoms with van der Waals surface area (Å²) in [5.74, 6) is -0.210. The fourth-order valence-electron chi connectivity index (χ4n) is 1.84. The van der Waals surface area contributed by atoms with Gasteiger partial charge in [-0.15, -0.1) is 11.6 Å². The first-order valence-corrected chi connectivity index (χ1v) is 6.92. The van der Waals surface area contributed by atoms with E-state index in [0.717, 1.165) is 0 Å². The number of carbonyl (C=O) groups is 1. The van der Waals surface area contributed by atoms with Crippen molar-refractivity contribution in [2.75, 3.05) is 24.7 Å². The summed E-state index contributed by atoms with van der Waals surface area (Å²) in [6, 6.07) is 0. The van der Waals surface area contributed by atoms with Crippen LogP contribution in [-0.2, 0) is 14.8 Å². The number of amides is 1. The molecule has 88 valence electrons. The summed E-state index contributed by atoms with van der Waals surface area (Å²) in [6.07, 6.45) is 0. The number of nitrogens with zero attached hydrogens (tertiary/aromatic N) is 1. The maximum atomic E-state index is 11.3. The van der Waals surface area contributed by atoms with Crippen molar-refractivity contribution in [1.82, 2.24) is 4.90 Å². The number of rotatable bonds is 3. The van der Waals surface area contributed by atoms with Crippen molar-refractivity contribution >= 4 is 27.5 Å². The Hall–Kier alpha value is -0.330. The zero-order valence-electron chi connectivity index (χ0n) is 8.52. The van der Waals surface area contributed by atoms with Crippen LogP contribution < -0.4 is 5.14 Å². The summed E-state index contributed by atoms with van der Waals surface area (Å²) in [6.45, 7) is 2.91. The number of carbonyl (C=O) groups excluding carboxylic acids is 1. The van der Waals surface area contributed by atoms with Crippen LogP contribution in [0.4, 0.5) is 0 Å². The fourth-order valence-corrected chi connectivity index (χ4v) is 3.04. The number of likely N-dealkylation sites (tertiary alicyclic amines) is 1. The van der Waals surface area contributed by atoms with Gasteiger partial charge in [-0.25, -0.2) is 13.6 Å². The average Bonchev–Trinajstić information content (AvgIpc) is 2.44. The van der Waals surface area contributed by atoms with E-state index < -0.39 is 10.0 Å². The van der Waals surface area contributed by atoms with Gasteiger partial charge in [0.25, 0.3) is 0 Å². The van der Waals surface area contributed by atoms with Gasteiger partial charge in [-0.1, -0.05) is 6.92 Å². The highest BCUT2D eigenvalue weighted by Gasteiger charge is 2.33. The van der Waals surface area contributed by atoms with Gasteiger partial charge < -0.3 is 4.90 Å². The third-order valence-corrected chi connectivity index (χ3v) is 3.80. The molecule has 1 amide bonds. The molecule has 0 spiro atoms. The second-order valence-corrected chi connectivity index (χ2v) is 5.93. The van der Waals surface area contributed by atoms with E-state index in [4.69, 9.17) is 16.7 Å². The Kier molecular flexibility index (Phi) is 3.97. The maximum Gasteiger partial charge on any atom is 0.237 e. The lowest BCUT2D eigenvalue weighted by molar-refractivity contribution is -0.127. The highest BCUT2D eigenvalue weighted by atomic mass is 35.5. The molecule has 5 nitrogen and oxygen atoms in total. The maximum absolute atomic E-state index is 11.3. The lowest BCUT2D eigenvalue weighted by Crippen LogP contribution is -2.31. The summed E-state index contributed by atoms with van der Waals surface area (Å²) in [7, 11) is -3.47. The smallest absolute Gasteiger partial charge is 0.237 e.